The number of Topliss-reactive ketones (excluding diaryl/α,β-unsaturated/α-hetero) is 2. The Morgan fingerprint density at radius 2 is 1.42 bits per heavy atom. The van der Waals surface area contributed by atoms with E-state index in [0.29, 0.717) is 0 Å². The first kappa shape index (κ1) is 24.1. The van der Waals surface area contributed by atoms with Crippen molar-refractivity contribution in [2.75, 3.05) is 6.54 Å². The van der Waals surface area contributed by atoms with Crippen molar-refractivity contribution in [1.82, 2.24) is 5.32 Å². The van der Waals surface area contributed by atoms with Gasteiger partial charge in [0.05, 0.1) is 0 Å². The highest BCUT2D eigenvalue weighted by molar-refractivity contribution is 7.09. The molecule has 0 unspecified atom stereocenters. The quantitative estimate of drug-likeness (QED) is 0.614. The summed E-state index contributed by atoms with van der Waals surface area (Å²) in [6.07, 6.45) is -10.6. The third-order valence-corrected chi connectivity index (χ3v) is 3.58. The van der Waals surface area contributed by atoms with Gasteiger partial charge in [0.15, 0.2) is 0 Å². The predicted molar refractivity (Wildman–Crippen MR) is 82.6 cm³/mol. The van der Waals surface area contributed by atoms with Gasteiger partial charge in [-0.3, -0.25) is 14.4 Å². The van der Waals surface area contributed by atoms with Gasteiger partial charge in [-0.25, -0.2) is 0 Å². The van der Waals surface area contributed by atoms with Crippen LogP contribution in [0, 0.1) is 5.41 Å². The molecule has 0 aliphatic rings. The molecule has 4 nitrogen and oxygen atoms in total. The summed E-state index contributed by atoms with van der Waals surface area (Å²) in [5.41, 5.74) is -0.282. The van der Waals surface area contributed by atoms with E-state index in [-0.39, 0.29) is 11.3 Å². The van der Waals surface area contributed by atoms with E-state index < -0.39 is 23.9 Å². The van der Waals surface area contributed by atoms with E-state index in [4.69, 9.17) is 0 Å². The summed E-state index contributed by atoms with van der Waals surface area (Å²) < 4.78 is 67.0. The van der Waals surface area contributed by atoms with Crippen molar-refractivity contribution in [2.45, 2.75) is 39.5 Å². The van der Waals surface area contributed by atoms with Crippen LogP contribution < -0.4 is 5.32 Å². The number of hydrogen-bond donors (Lipinski definition) is 1. The first-order valence-electron chi connectivity index (χ1n) is 7.10. The van der Waals surface area contributed by atoms with Gasteiger partial charge in [0.2, 0.25) is 5.91 Å². The van der Waals surface area contributed by atoms with Gasteiger partial charge in [0.1, 0.15) is 0 Å². The van der Waals surface area contributed by atoms with Crippen LogP contribution in [0.1, 0.15) is 25.6 Å². The molecule has 1 aromatic heterocycles. The van der Waals surface area contributed by atoms with Crippen molar-refractivity contribution in [3.05, 3.63) is 22.4 Å². The summed E-state index contributed by atoms with van der Waals surface area (Å²) in [4.78, 5) is 32.0. The third kappa shape index (κ3) is 8.97. The molecule has 0 atom stereocenters. The number of carbonyl (C=O) groups is 3. The number of thiophene rings is 1. The Labute approximate surface area is 149 Å². The number of alkyl halides is 6. The smallest absolute Gasteiger partial charge is 0.355 e. The molecule has 0 spiro atoms. The summed E-state index contributed by atoms with van der Waals surface area (Å²) in [6, 6.07) is 4.12. The minimum atomic E-state index is -5.77. The topological polar surface area (TPSA) is 63.2 Å². The van der Waals surface area contributed by atoms with Crippen molar-refractivity contribution in [3.63, 3.8) is 0 Å². The second kappa shape index (κ2) is 9.15. The minimum absolute atomic E-state index is 0.119. The van der Waals surface area contributed by atoms with Crippen molar-refractivity contribution in [2.24, 2.45) is 5.41 Å². The normalized spacial score (nSPS) is 12.0. The molecule has 148 valence electrons. The lowest BCUT2D eigenvalue weighted by atomic mass is 9.96. The maximum absolute atomic E-state index is 11.5. The van der Waals surface area contributed by atoms with Crippen LogP contribution in [0.25, 0.3) is 0 Å². The van der Waals surface area contributed by atoms with Gasteiger partial charge >= 0.3 is 23.9 Å². The molecule has 0 radical (unpaired) electrons. The maximum Gasteiger partial charge on any atom is 0.458 e. The van der Waals surface area contributed by atoms with Crippen LogP contribution in [-0.2, 0) is 20.8 Å². The summed E-state index contributed by atoms with van der Waals surface area (Å²) in [5.74, 6) is -6.70. The zero-order chi connectivity index (χ0) is 20.8. The number of carbonyl (C=O) groups excluding carboxylic acids is 3. The molecule has 11 heteroatoms. The van der Waals surface area contributed by atoms with Crippen LogP contribution in [-0.4, -0.2) is 36.4 Å². The Morgan fingerprint density at radius 1 is 0.962 bits per heavy atom. The lowest BCUT2D eigenvalue weighted by Gasteiger charge is -2.17. The van der Waals surface area contributed by atoms with Gasteiger partial charge in [-0.15, -0.1) is 11.3 Å². The Morgan fingerprint density at radius 3 is 1.73 bits per heavy atom. The molecule has 0 saturated carbocycles. The number of ketones is 2. The molecule has 1 amide bonds. The van der Waals surface area contributed by atoms with Gasteiger partial charge in [0, 0.05) is 16.8 Å². The standard InChI is InChI=1S/C11H17NOS.C4F6O2/c1-11(2,3)10(13)12-7-6-9-5-4-8-14-9;5-3(6,7)1(11)2(12)4(8,9)10/h4-5,8H,6-7H2,1-3H3,(H,12,13);. The maximum atomic E-state index is 11.5. The molecule has 0 bridgehead atoms. The largest absolute Gasteiger partial charge is 0.458 e. The van der Waals surface area contributed by atoms with Crippen LogP contribution in [0.4, 0.5) is 26.3 Å². The first-order valence-corrected chi connectivity index (χ1v) is 7.98. The molecule has 1 heterocycles. The average Bonchev–Trinajstić information content (AvgIpc) is 2.96. The van der Waals surface area contributed by atoms with E-state index in [1.807, 2.05) is 26.8 Å². The van der Waals surface area contributed by atoms with Crippen LogP contribution >= 0.6 is 11.3 Å². The van der Waals surface area contributed by atoms with Crippen molar-refractivity contribution in [1.29, 1.82) is 0 Å². The number of rotatable bonds is 4. The molecule has 26 heavy (non-hydrogen) atoms. The van der Waals surface area contributed by atoms with Crippen LogP contribution in [0.5, 0.6) is 0 Å². The Hall–Kier alpha value is -1.91. The lowest BCUT2D eigenvalue weighted by molar-refractivity contribution is -0.193. The third-order valence-electron chi connectivity index (χ3n) is 2.64. The number of hydrogen-bond acceptors (Lipinski definition) is 4. The highest BCUT2D eigenvalue weighted by atomic mass is 32.1. The average molecular weight is 405 g/mol. The fourth-order valence-electron chi connectivity index (χ4n) is 1.28. The number of amides is 1. The molecule has 0 aromatic carbocycles. The zero-order valence-electron chi connectivity index (χ0n) is 14.0. The fourth-order valence-corrected chi connectivity index (χ4v) is 1.99. The molecule has 0 fully saturated rings. The molecule has 0 saturated heterocycles. The molecule has 1 aromatic rings. The van der Waals surface area contributed by atoms with E-state index in [9.17, 15) is 40.7 Å². The van der Waals surface area contributed by atoms with Crippen molar-refractivity contribution >= 4 is 28.8 Å². The molecule has 1 rings (SSSR count). The predicted octanol–water partition coefficient (Wildman–Crippen LogP) is 3.70. The van der Waals surface area contributed by atoms with Gasteiger partial charge in [-0.05, 0) is 17.9 Å². The van der Waals surface area contributed by atoms with E-state index in [0.717, 1.165) is 13.0 Å². The monoisotopic (exact) mass is 405 g/mol. The van der Waals surface area contributed by atoms with Crippen LogP contribution in [0.2, 0.25) is 0 Å². The van der Waals surface area contributed by atoms with Crippen molar-refractivity contribution in [3.8, 4) is 0 Å². The zero-order valence-corrected chi connectivity index (χ0v) is 14.9. The molecule has 1 N–H and O–H groups in total. The molecule has 0 aliphatic heterocycles. The van der Waals surface area contributed by atoms with E-state index in [2.05, 4.69) is 16.8 Å². The summed E-state index contributed by atoms with van der Waals surface area (Å²) in [6.45, 7) is 6.51. The SMILES string of the molecule is CC(C)(C)C(=O)NCCc1cccs1.O=C(C(=O)C(F)(F)F)C(F)(F)F. The lowest BCUT2D eigenvalue weighted by Crippen LogP contribution is -2.39. The Balaban J connectivity index is 0.000000488. The van der Waals surface area contributed by atoms with Crippen LogP contribution in [0.15, 0.2) is 17.5 Å². The van der Waals surface area contributed by atoms with Gasteiger partial charge in [-0.1, -0.05) is 26.8 Å². The Kier molecular flexibility index (Phi) is 8.48. The number of halogens is 6. The molecular weight excluding hydrogens is 388 g/mol. The summed E-state index contributed by atoms with van der Waals surface area (Å²) in [7, 11) is 0. The van der Waals surface area contributed by atoms with Gasteiger partial charge < -0.3 is 5.32 Å². The van der Waals surface area contributed by atoms with Crippen molar-refractivity contribution < 1.29 is 40.7 Å². The summed E-state index contributed by atoms with van der Waals surface area (Å²) in [5, 5.41) is 4.99. The number of nitrogens with one attached hydrogen (secondary N) is 1. The molecule has 0 aliphatic carbocycles. The Bertz CT molecular complexity index is 591. The van der Waals surface area contributed by atoms with E-state index in [1.54, 1.807) is 11.3 Å². The van der Waals surface area contributed by atoms with Gasteiger partial charge in [-0.2, -0.15) is 26.3 Å². The molecular formula is C15H17F6NO3S. The van der Waals surface area contributed by atoms with Gasteiger partial charge in [0.25, 0.3) is 0 Å². The minimum Gasteiger partial charge on any atom is -0.355 e. The first-order chi connectivity index (χ1) is 11.6. The second-order valence-electron chi connectivity index (χ2n) is 5.99. The van der Waals surface area contributed by atoms with E-state index >= 15 is 0 Å². The van der Waals surface area contributed by atoms with E-state index in [1.165, 1.54) is 4.88 Å². The van der Waals surface area contributed by atoms with Crippen LogP contribution in [0.3, 0.4) is 0 Å². The highest BCUT2D eigenvalue weighted by Gasteiger charge is 2.54. The second-order valence-corrected chi connectivity index (χ2v) is 7.02. The fraction of sp³-hybridized carbons (Fsp3) is 0.533. The highest BCUT2D eigenvalue weighted by Crippen LogP contribution is 2.24. The summed E-state index contributed by atoms with van der Waals surface area (Å²) >= 11 is 1.73.